The Morgan fingerprint density at radius 1 is 1.44 bits per heavy atom. The fourth-order valence-electron chi connectivity index (χ4n) is 1.95. The van der Waals surface area contributed by atoms with Gasteiger partial charge in [-0.2, -0.15) is 0 Å². The summed E-state index contributed by atoms with van der Waals surface area (Å²) in [5.74, 6) is 0.479. The molecule has 1 amide bonds. The molecule has 0 aliphatic rings. The van der Waals surface area contributed by atoms with Crippen molar-refractivity contribution < 1.29 is 4.79 Å². The van der Waals surface area contributed by atoms with Crippen molar-refractivity contribution in [3.05, 3.63) is 18.0 Å². The molecule has 0 fully saturated rings. The van der Waals surface area contributed by atoms with Crippen molar-refractivity contribution >= 4 is 11.6 Å². The molecule has 1 rings (SSSR count). The van der Waals surface area contributed by atoms with Crippen LogP contribution in [0.3, 0.4) is 0 Å². The Kier molecular flexibility index (Phi) is 4.82. The monoisotopic (exact) mass is 251 g/mol. The average molecular weight is 251 g/mol. The summed E-state index contributed by atoms with van der Waals surface area (Å²) in [6, 6.07) is 1.98. The Balaban J connectivity index is 2.95. The van der Waals surface area contributed by atoms with E-state index >= 15 is 0 Å². The third-order valence-corrected chi connectivity index (χ3v) is 3.50. The van der Waals surface area contributed by atoms with Crippen molar-refractivity contribution in [2.24, 2.45) is 5.92 Å². The number of rotatable bonds is 5. The van der Waals surface area contributed by atoms with E-state index in [2.05, 4.69) is 27.7 Å². The number of nitrogen functional groups attached to an aromatic ring is 1. The molecule has 0 radical (unpaired) electrons. The highest BCUT2D eigenvalue weighted by atomic mass is 16.2. The van der Waals surface area contributed by atoms with Gasteiger partial charge < -0.3 is 15.2 Å². The number of nitrogens with zero attached hydrogens (tertiary/aromatic N) is 2. The van der Waals surface area contributed by atoms with Gasteiger partial charge in [0.2, 0.25) is 0 Å². The zero-order chi connectivity index (χ0) is 13.9. The van der Waals surface area contributed by atoms with Gasteiger partial charge in [0.25, 0.3) is 5.91 Å². The summed E-state index contributed by atoms with van der Waals surface area (Å²) in [5, 5.41) is 0. The molecule has 1 aromatic rings. The molecule has 0 aliphatic heterocycles. The van der Waals surface area contributed by atoms with Crippen LogP contribution in [0.4, 0.5) is 5.69 Å². The van der Waals surface area contributed by atoms with Crippen molar-refractivity contribution in [1.29, 1.82) is 0 Å². The van der Waals surface area contributed by atoms with Crippen molar-refractivity contribution in [2.45, 2.75) is 46.7 Å². The van der Waals surface area contributed by atoms with Crippen molar-refractivity contribution in [3.8, 4) is 0 Å². The Morgan fingerprint density at radius 3 is 2.56 bits per heavy atom. The van der Waals surface area contributed by atoms with Crippen molar-refractivity contribution in [3.63, 3.8) is 0 Å². The SMILES string of the molecule is CCCn1cc(N)cc1C(=O)N(C)C(C)C(C)C. The fraction of sp³-hybridized carbons (Fsp3) is 0.643. The van der Waals surface area contributed by atoms with Crippen LogP contribution in [0.1, 0.15) is 44.6 Å². The molecule has 102 valence electrons. The van der Waals surface area contributed by atoms with Gasteiger partial charge in [-0.1, -0.05) is 20.8 Å². The highest BCUT2D eigenvalue weighted by Crippen LogP contribution is 2.16. The number of aromatic nitrogens is 1. The Bertz CT molecular complexity index is 409. The van der Waals surface area contributed by atoms with Gasteiger partial charge >= 0.3 is 0 Å². The van der Waals surface area contributed by atoms with Gasteiger partial charge in [-0.3, -0.25) is 4.79 Å². The van der Waals surface area contributed by atoms with Crippen LogP contribution < -0.4 is 5.73 Å². The van der Waals surface area contributed by atoms with Gasteiger partial charge in [0.1, 0.15) is 5.69 Å². The average Bonchev–Trinajstić information content (AvgIpc) is 2.67. The standard InChI is InChI=1S/C14H25N3O/c1-6-7-17-9-12(15)8-13(17)14(18)16(5)11(4)10(2)3/h8-11H,6-7,15H2,1-5H3. The molecule has 1 atom stereocenters. The molecule has 0 aliphatic carbocycles. The van der Waals surface area contributed by atoms with Gasteiger partial charge in [-0.25, -0.2) is 0 Å². The molecule has 2 N–H and O–H groups in total. The first kappa shape index (κ1) is 14.6. The maximum absolute atomic E-state index is 12.4. The largest absolute Gasteiger partial charge is 0.397 e. The molecule has 1 unspecified atom stereocenters. The molecule has 0 bridgehead atoms. The molecule has 0 spiro atoms. The minimum atomic E-state index is 0.0429. The number of hydrogen-bond donors (Lipinski definition) is 1. The molecular formula is C14H25N3O. The minimum Gasteiger partial charge on any atom is -0.397 e. The highest BCUT2D eigenvalue weighted by Gasteiger charge is 2.22. The van der Waals surface area contributed by atoms with Gasteiger partial charge in [0.05, 0.1) is 5.69 Å². The Hall–Kier alpha value is -1.45. The van der Waals surface area contributed by atoms with Gasteiger partial charge in [0, 0.05) is 25.8 Å². The lowest BCUT2D eigenvalue weighted by Crippen LogP contribution is -2.39. The summed E-state index contributed by atoms with van der Waals surface area (Å²) in [6.07, 6.45) is 2.82. The molecule has 4 nitrogen and oxygen atoms in total. The maximum atomic E-state index is 12.4. The quantitative estimate of drug-likeness (QED) is 0.874. The second-order valence-corrected chi connectivity index (χ2v) is 5.25. The number of anilines is 1. The Labute approximate surface area is 110 Å². The van der Waals surface area contributed by atoms with Crippen molar-refractivity contribution in [2.75, 3.05) is 12.8 Å². The van der Waals surface area contributed by atoms with Crippen LogP contribution in [0.5, 0.6) is 0 Å². The lowest BCUT2D eigenvalue weighted by atomic mass is 10.1. The maximum Gasteiger partial charge on any atom is 0.270 e. The van der Waals surface area contributed by atoms with E-state index in [1.54, 1.807) is 11.0 Å². The van der Waals surface area contributed by atoms with Gasteiger partial charge in [-0.05, 0) is 25.3 Å². The first-order valence-electron chi connectivity index (χ1n) is 6.61. The van der Waals surface area contributed by atoms with E-state index in [4.69, 9.17) is 5.73 Å². The molecule has 0 saturated carbocycles. The normalized spacial score (nSPS) is 12.8. The lowest BCUT2D eigenvalue weighted by Gasteiger charge is -2.28. The van der Waals surface area contributed by atoms with Crippen LogP contribution in [-0.4, -0.2) is 28.5 Å². The lowest BCUT2D eigenvalue weighted by molar-refractivity contribution is 0.0696. The number of amides is 1. The van der Waals surface area contributed by atoms with Crippen LogP contribution >= 0.6 is 0 Å². The summed E-state index contributed by atoms with van der Waals surface area (Å²) < 4.78 is 1.95. The third-order valence-electron chi connectivity index (χ3n) is 3.50. The van der Waals surface area contributed by atoms with E-state index in [1.807, 2.05) is 17.8 Å². The number of nitrogens with two attached hydrogens (primary N) is 1. The van der Waals surface area contributed by atoms with E-state index in [9.17, 15) is 4.79 Å². The molecule has 1 aromatic heterocycles. The predicted molar refractivity (Wildman–Crippen MR) is 75.5 cm³/mol. The van der Waals surface area contributed by atoms with Crippen molar-refractivity contribution in [1.82, 2.24) is 9.47 Å². The van der Waals surface area contributed by atoms with E-state index in [0.29, 0.717) is 17.3 Å². The number of carbonyl (C=O) groups is 1. The van der Waals surface area contributed by atoms with Crippen LogP contribution in [0.25, 0.3) is 0 Å². The van der Waals surface area contributed by atoms with Gasteiger partial charge in [0.15, 0.2) is 0 Å². The smallest absolute Gasteiger partial charge is 0.270 e. The summed E-state index contributed by atoms with van der Waals surface area (Å²) >= 11 is 0. The zero-order valence-corrected chi connectivity index (χ0v) is 12.1. The van der Waals surface area contributed by atoms with E-state index in [1.165, 1.54) is 0 Å². The van der Waals surface area contributed by atoms with E-state index in [-0.39, 0.29) is 11.9 Å². The second kappa shape index (κ2) is 5.94. The predicted octanol–water partition coefficient (Wildman–Crippen LogP) is 2.60. The van der Waals surface area contributed by atoms with E-state index < -0.39 is 0 Å². The zero-order valence-electron chi connectivity index (χ0n) is 12.1. The van der Waals surface area contributed by atoms with Gasteiger partial charge in [-0.15, -0.1) is 0 Å². The number of aryl methyl sites for hydroxylation is 1. The summed E-state index contributed by atoms with van der Waals surface area (Å²) in [4.78, 5) is 14.2. The molecular weight excluding hydrogens is 226 g/mol. The number of carbonyl (C=O) groups excluding carboxylic acids is 1. The Morgan fingerprint density at radius 2 is 2.06 bits per heavy atom. The topological polar surface area (TPSA) is 51.3 Å². The first-order chi connectivity index (χ1) is 8.38. The molecule has 0 saturated heterocycles. The number of hydrogen-bond acceptors (Lipinski definition) is 2. The second-order valence-electron chi connectivity index (χ2n) is 5.25. The third kappa shape index (κ3) is 3.06. The summed E-state index contributed by atoms with van der Waals surface area (Å²) in [7, 11) is 1.85. The fourth-order valence-corrected chi connectivity index (χ4v) is 1.95. The minimum absolute atomic E-state index is 0.0429. The van der Waals surface area contributed by atoms with E-state index in [0.717, 1.165) is 13.0 Å². The molecule has 1 heterocycles. The first-order valence-corrected chi connectivity index (χ1v) is 6.61. The van der Waals surface area contributed by atoms with Crippen LogP contribution in [0.2, 0.25) is 0 Å². The molecule has 0 aromatic carbocycles. The molecule has 4 heteroatoms. The molecule has 18 heavy (non-hydrogen) atoms. The van der Waals surface area contributed by atoms with Crippen LogP contribution in [-0.2, 0) is 6.54 Å². The highest BCUT2D eigenvalue weighted by molar-refractivity contribution is 5.93. The van der Waals surface area contributed by atoms with Crippen LogP contribution in [0.15, 0.2) is 12.3 Å². The summed E-state index contributed by atoms with van der Waals surface area (Å²) in [6.45, 7) is 9.22. The van der Waals surface area contributed by atoms with Crippen LogP contribution in [0, 0.1) is 5.92 Å². The summed E-state index contributed by atoms with van der Waals surface area (Å²) in [5.41, 5.74) is 7.13.